The topological polar surface area (TPSA) is 86.2 Å². The molecule has 1 aliphatic heterocycles. The number of nitrogen functional groups attached to an aromatic ring is 1. The predicted octanol–water partition coefficient (Wildman–Crippen LogP) is 1.47. The molecule has 0 bridgehead atoms. The molecular weight excluding hydrogens is 272 g/mol. The highest BCUT2D eigenvalue weighted by Gasteiger charge is 2.28. The molecule has 1 aliphatic rings. The minimum atomic E-state index is -0.169. The summed E-state index contributed by atoms with van der Waals surface area (Å²) in [5.41, 5.74) is 6.32. The van der Waals surface area contributed by atoms with Crippen molar-refractivity contribution in [1.29, 1.82) is 0 Å². The van der Waals surface area contributed by atoms with Gasteiger partial charge in [0.2, 0.25) is 5.95 Å². The summed E-state index contributed by atoms with van der Waals surface area (Å²) in [5, 5.41) is 9.10. The highest BCUT2D eigenvalue weighted by molar-refractivity contribution is 7.73. The molecule has 3 heterocycles. The smallest absolute Gasteiger partial charge is 0.222 e. The fraction of sp³-hybridized carbons (Fsp3) is 0.500. The van der Waals surface area contributed by atoms with Gasteiger partial charge in [0.05, 0.1) is 23.6 Å². The lowest BCUT2D eigenvalue weighted by Gasteiger charge is -2.14. The summed E-state index contributed by atoms with van der Waals surface area (Å²) in [6, 6.07) is 0. The molecular formula is C10H12N4O2S2. The van der Waals surface area contributed by atoms with Crippen molar-refractivity contribution in [2.75, 3.05) is 12.3 Å². The number of fused-ring (bicyclic) bond motifs is 1. The Hall–Kier alpha value is -1.09. The van der Waals surface area contributed by atoms with Crippen LogP contribution >= 0.6 is 23.6 Å². The lowest BCUT2D eigenvalue weighted by Crippen LogP contribution is -2.14. The number of nitrogens with two attached hydrogens (primary N) is 1. The van der Waals surface area contributed by atoms with E-state index in [1.54, 1.807) is 6.20 Å². The van der Waals surface area contributed by atoms with Gasteiger partial charge in [0.15, 0.2) is 9.60 Å². The molecule has 0 spiro atoms. The summed E-state index contributed by atoms with van der Waals surface area (Å²) in [6.45, 7) is 0.0308. The number of hydrogen-bond acceptors (Lipinski definition) is 7. The zero-order chi connectivity index (χ0) is 12.7. The molecule has 2 atom stereocenters. The lowest BCUT2D eigenvalue weighted by molar-refractivity contribution is -0.0207. The van der Waals surface area contributed by atoms with Gasteiger partial charge in [-0.15, -0.1) is 11.3 Å². The van der Waals surface area contributed by atoms with Crippen molar-refractivity contribution in [3.63, 3.8) is 0 Å². The van der Waals surface area contributed by atoms with Gasteiger partial charge in [-0.2, -0.15) is 4.98 Å². The van der Waals surface area contributed by atoms with E-state index in [-0.39, 0.29) is 24.9 Å². The second-order valence-electron chi connectivity index (χ2n) is 4.13. The van der Waals surface area contributed by atoms with E-state index in [9.17, 15) is 0 Å². The number of anilines is 1. The summed E-state index contributed by atoms with van der Waals surface area (Å²) >= 11 is 6.78. The molecule has 3 N–H and O–H groups in total. The third kappa shape index (κ3) is 1.91. The second kappa shape index (κ2) is 4.54. The van der Waals surface area contributed by atoms with Gasteiger partial charge in [-0.3, -0.25) is 4.57 Å². The molecule has 18 heavy (non-hydrogen) atoms. The molecule has 0 radical (unpaired) electrons. The lowest BCUT2D eigenvalue weighted by atomic mass is 10.2. The average molecular weight is 284 g/mol. The van der Waals surface area contributed by atoms with Gasteiger partial charge in [-0.25, -0.2) is 4.98 Å². The molecule has 6 nitrogen and oxygen atoms in total. The first kappa shape index (κ1) is 12.0. The van der Waals surface area contributed by atoms with Crippen molar-refractivity contribution in [3.8, 4) is 0 Å². The van der Waals surface area contributed by atoms with E-state index >= 15 is 0 Å². The molecule has 2 aromatic heterocycles. The molecule has 2 aromatic rings. The Morgan fingerprint density at radius 2 is 2.44 bits per heavy atom. The number of aromatic nitrogens is 3. The van der Waals surface area contributed by atoms with Crippen molar-refractivity contribution in [2.45, 2.75) is 25.2 Å². The second-order valence-corrected chi connectivity index (χ2v) is 5.80. The van der Waals surface area contributed by atoms with Crippen LogP contribution in [-0.2, 0) is 4.74 Å². The van der Waals surface area contributed by atoms with Crippen LogP contribution in [0.25, 0.3) is 10.3 Å². The Morgan fingerprint density at radius 1 is 1.61 bits per heavy atom. The molecule has 0 aromatic carbocycles. The van der Waals surface area contributed by atoms with Crippen molar-refractivity contribution < 1.29 is 9.84 Å². The molecule has 1 fully saturated rings. The summed E-state index contributed by atoms with van der Waals surface area (Å²) < 4.78 is 9.18. The monoisotopic (exact) mass is 284 g/mol. The Balaban J connectivity index is 2.08. The van der Waals surface area contributed by atoms with E-state index in [1.165, 1.54) is 11.3 Å². The van der Waals surface area contributed by atoms with Crippen molar-refractivity contribution in [3.05, 3.63) is 10.2 Å². The standard InChI is InChI=1S/C10H12N4O2S2/c11-9-12-3-6-8(13-9)14(10(17)18-6)7-2-1-5(4-15)16-7/h3,5,7,15H,1-2,4H2,(H2,11,12,13). The largest absolute Gasteiger partial charge is 0.394 e. The summed E-state index contributed by atoms with van der Waals surface area (Å²) in [5.74, 6) is 0.223. The van der Waals surface area contributed by atoms with Crippen LogP contribution in [0, 0.1) is 3.95 Å². The van der Waals surface area contributed by atoms with Crippen LogP contribution in [0.1, 0.15) is 19.1 Å². The zero-order valence-electron chi connectivity index (χ0n) is 9.44. The fourth-order valence-corrected chi connectivity index (χ4v) is 3.42. The Kier molecular flexibility index (Phi) is 3.02. The predicted molar refractivity (Wildman–Crippen MR) is 70.9 cm³/mol. The Bertz CT molecular complexity index is 638. The molecule has 8 heteroatoms. The molecule has 3 rings (SSSR count). The average Bonchev–Trinajstić information content (AvgIpc) is 2.92. The van der Waals surface area contributed by atoms with Crippen molar-refractivity contribution in [2.24, 2.45) is 0 Å². The number of nitrogens with zero attached hydrogens (tertiary/aromatic N) is 3. The summed E-state index contributed by atoms with van der Waals surface area (Å²) in [4.78, 5) is 8.18. The Labute approximate surface area is 112 Å². The molecule has 0 saturated carbocycles. The Morgan fingerprint density at radius 3 is 3.17 bits per heavy atom. The van der Waals surface area contributed by atoms with Gasteiger partial charge in [0, 0.05) is 0 Å². The van der Waals surface area contributed by atoms with E-state index in [0.29, 0.717) is 9.60 Å². The van der Waals surface area contributed by atoms with Crippen LogP contribution in [0.5, 0.6) is 0 Å². The highest BCUT2D eigenvalue weighted by atomic mass is 32.1. The van der Waals surface area contributed by atoms with E-state index in [1.807, 2.05) is 4.57 Å². The van der Waals surface area contributed by atoms with E-state index in [2.05, 4.69) is 9.97 Å². The zero-order valence-corrected chi connectivity index (χ0v) is 11.1. The molecule has 0 amide bonds. The maximum atomic E-state index is 9.10. The third-order valence-corrected chi connectivity index (χ3v) is 4.28. The quantitative estimate of drug-likeness (QED) is 0.812. The minimum absolute atomic E-state index is 0.0308. The van der Waals surface area contributed by atoms with Gasteiger partial charge < -0.3 is 15.6 Å². The maximum absolute atomic E-state index is 9.10. The highest BCUT2D eigenvalue weighted by Crippen LogP contribution is 2.33. The van der Waals surface area contributed by atoms with Gasteiger partial charge in [-0.05, 0) is 25.1 Å². The van der Waals surface area contributed by atoms with Crippen molar-refractivity contribution in [1.82, 2.24) is 14.5 Å². The van der Waals surface area contributed by atoms with Crippen molar-refractivity contribution >= 4 is 39.9 Å². The SMILES string of the molecule is Nc1ncc2sc(=S)n(C3CCC(CO)O3)c2n1. The van der Waals surface area contributed by atoms with Crippen LogP contribution in [0.4, 0.5) is 5.95 Å². The molecule has 0 aliphatic carbocycles. The van der Waals surface area contributed by atoms with Crippen LogP contribution in [0.2, 0.25) is 0 Å². The normalized spacial score (nSPS) is 23.8. The van der Waals surface area contributed by atoms with E-state index in [0.717, 1.165) is 17.5 Å². The number of aliphatic hydroxyl groups excluding tert-OH is 1. The van der Waals surface area contributed by atoms with Crippen LogP contribution < -0.4 is 5.73 Å². The first-order chi connectivity index (χ1) is 8.69. The summed E-state index contributed by atoms with van der Waals surface area (Å²) in [6.07, 6.45) is 3.02. The van der Waals surface area contributed by atoms with Gasteiger partial charge in [-0.1, -0.05) is 0 Å². The van der Waals surface area contributed by atoms with Gasteiger partial charge >= 0.3 is 0 Å². The maximum Gasteiger partial charge on any atom is 0.222 e. The van der Waals surface area contributed by atoms with Crippen LogP contribution in [-0.4, -0.2) is 32.4 Å². The van der Waals surface area contributed by atoms with Crippen LogP contribution in [0.3, 0.4) is 0 Å². The fourth-order valence-electron chi connectivity index (χ4n) is 2.11. The third-order valence-electron chi connectivity index (χ3n) is 2.95. The molecule has 1 saturated heterocycles. The van der Waals surface area contributed by atoms with E-state index < -0.39 is 0 Å². The number of ether oxygens (including phenoxy) is 1. The molecule has 2 unspecified atom stereocenters. The number of hydrogen-bond donors (Lipinski definition) is 2. The van der Waals surface area contributed by atoms with Crippen LogP contribution in [0.15, 0.2) is 6.20 Å². The number of thiazole rings is 1. The first-order valence-electron chi connectivity index (χ1n) is 5.59. The summed E-state index contributed by atoms with van der Waals surface area (Å²) in [7, 11) is 0. The number of aliphatic hydroxyl groups is 1. The van der Waals surface area contributed by atoms with Gasteiger partial charge in [0.1, 0.15) is 6.23 Å². The van der Waals surface area contributed by atoms with E-state index in [4.69, 9.17) is 27.8 Å². The van der Waals surface area contributed by atoms with Gasteiger partial charge in [0.25, 0.3) is 0 Å². The number of rotatable bonds is 2. The minimum Gasteiger partial charge on any atom is -0.394 e. The first-order valence-corrected chi connectivity index (χ1v) is 6.81. The molecule has 96 valence electrons.